The summed E-state index contributed by atoms with van der Waals surface area (Å²) in [5, 5.41) is 26.9. The van der Waals surface area contributed by atoms with Gasteiger partial charge in [0, 0.05) is 29.2 Å². The van der Waals surface area contributed by atoms with Crippen LogP contribution in [0.3, 0.4) is 0 Å². The van der Waals surface area contributed by atoms with Crippen LogP contribution < -0.4 is 10.7 Å². The molecular weight excluding hydrogens is 360 g/mol. The highest BCUT2D eigenvalue weighted by molar-refractivity contribution is 6.12. The summed E-state index contributed by atoms with van der Waals surface area (Å²) in [6, 6.07) is 21.9. The van der Waals surface area contributed by atoms with Crippen molar-refractivity contribution in [1.82, 2.24) is 4.57 Å². The Balaban J connectivity index is 1.85. The van der Waals surface area contributed by atoms with Gasteiger partial charge in [-0.15, -0.1) is 0 Å². The lowest BCUT2D eigenvalue weighted by Crippen LogP contribution is -2.40. The van der Waals surface area contributed by atoms with Crippen LogP contribution in [0.5, 0.6) is 0 Å². The van der Waals surface area contributed by atoms with Crippen molar-refractivity contribution < 1.29 is 0 Å². The molecule has 0 fully saturated rings. The lowest BCUT2D eigenvalue weighted by molar-refractivity contribution is 0.624. The molecule has 1 aliphatic rings. The number of hydrogen-bond acceptors (Lipinski definition) is 5. The van der Waals surface area contributed by atoms with E-state index in [1.807, 2.05) is 74.6 Å². The molecule has 142 valence electrons. The van der Waals surface area contributed by atoms with E-state index in [1.165, 1.54) is 0 Å². The molecule has 6 heteroatoms. The van der Waals surface area contributed by atoms with E-state index >= 15 is 0 Å². The molecule has 2 atom stereocenters. The summed E-state index contributed by atoms with van der Waals surface area (Å²) in [5.41, 5.74) is 10.9. The first kappa shape index (κ1) is 18.5. The number of allylic oxidation sites excluding steroid dienone is 1. The number of nitrogens with two attached hydrogens (primary N) is 1. The second-order valence-corrected chi connectivity index (χ2v) is 7.01. The minimum atomic E-state index is -0.698. The summed E-state index contributed by atoms with van der Waals surface area (Å²) in [6.45, 7) is 2.01. The van der Waals surface area contributed by atoms with E-state index in [-0.39, 0.29) is 0 Å². The van der Waals surface area contributed by atoms with Gasteiger partial charge in [0.15, 0.2) is 0 Å². The van der Waals surface area contributed by atoms with Gasteiger partial charge in [0.25, 0.3) is 0 Å². The van der Waals surface area contributed by atoms with Gasteiger partial charge in [-0.25, -0.2) is 5.01 Å². The lowest BCUT2D eigenvalue weighted by atomic mass is 9.95. The predicted octanol–water partition coefficient (Wildman–Crippen LogP) is 3.69. The SMILES string of the molecule is Cc1c(/C=C(\C#N)C2=NN(c3ccccc3)[C@H](N)[C@@H]2C#N)c2ccccc2n1C. The Labute approximate surface area is 169 Å². The molecule has 0 amide bonds. The number of para-hydroxylation sites is 2. The van der Waals surface area contributed by atoms with Crippen molar-refractivity contribution in [2.45, 2.75) is 13.1 Å². The molecule has 3 aromatic rings. The van der Waals surface area contributed by atoms with Crippen LogP contribution in [0.15, 0.2) is 65.3 Å². The van der Waals surface area contributed by atoms with Crippen LogP contribution in [0.2, 0.25) is 0 Å². The molecule has 0 saturated heterocycles. The fraction of sp³-hybridized carbons (Fsp3) is 0.174. The largest absolute Gasteiger partial charge is 0.347 e. The van der Waals surface area contributed by atoms with Crippen molar-refractivity contribution in [3.05, 3.63) is 71.4 Å². The first-order valence-electron chi connectivity index (χ1n) is 9.31. The molecule has 1 aliphatic heterocycles. The van der Waals surface area contributed by atoms with Gasteiger partial charge in [0.1, 0.15) is 18.2 Å². The number of aromatic nitrogens is 1. The molecule has 0 aliphatic carbocycles. The monoisotopic (exact) mass is 380 g/mol. The Bertz CT molecular complexity index is 1220. The maximum Gasteiger partial charge on any atom is 0.127 e. The first-order valence-corrected chi connectivity index (χ1v) is 9.31. The molecule has 6 nitrogen and oxygen atoms in total. The van der Waals surface area contributed by atoms with Gasteiger partial charge in [0.05, 0.1) is 23.0 Å². The van der Waals surface area contributed by atoms with Crippen LogP contribution in [-0.2, 0) is 7.05 Å². The number of hydrogen-bond donors (Lipinski definition) is 1. The molecule has 0 spiro atoms. The van der Waals surface area contributed by atoms with E-state index in [9.17, 15) is 10.5 Å². The summed E-state index contributed by atoms with van der Waals surface area (Å²) in [5.74, 6) is -0.698. The zero-order chi connectivity index (χ0) is 20.5. The van der Waals surface area contributed by atoms with Gasteiger partial charge in [-0.3, -0.25) is 0 Å². The molecule has 2 N–H and O–H groups in total. The lowest BCUT2D eigenvalue weighted by Gasteiger charge is -2.21. The van der Waals surface area contributed by atoms with Crippen molar-refractivity contribution in [3.63, 3.8) is 0 Å². The average Bonchev–Trinajstić information content (AvgIpc) is 3.21. The van der Waals surface area contributed by atoms with E-state index in [4.69, 9.17) is 5.73 Å². The maximum absolute atomic E-state index is 9.90. The highest BCUT2D eigenvalue weighted by Gasteiger charge is 2.37. The van der Waals surface area contributed by atoms with Gasteiger partial charge in [0.2, 0.25) is 0 Å². The fourth-order valence-electron chi connectivity index (χ4n) is 3.76. The van der Waals surface area contributed by atoms with E-state index in [1.54, 1.807) is 5.01 Å². The van der Waals surface area contributed by atoms with Gasteiger partial charge in [-0.1, -0.05) is 36.4 Å². The predicted molar refractivity (Wildman–Crippen MR) is 115 cm³/mol. The van der Waals surface area contributed by atoms with Gasteiger partial charge in [-0.2, -0.15) is 15.6 Å². The molecule has 2 heterocycles. The van der Waals surface area contributed by atoms with Crippen LogP contribution in [0.1, 0.15) is 11.3 Å². The number of fused-ring (bicyclic) bond motifs is 1. The Hall–Kier alpha value is -3.87. The summed E-state index contributed by atoms with van der Waals surface area (Å²) < 4.78 is 2.09. The second-order valence-electron chi connectivity index (χ2n) is 7.01. The highest BCUT2D eigenvalue weighted by atomic mass is 15.5. The topological polar surface area (TPSA) is 94.1 Å². The van der Waals surface area contributed by atoms with Crippen LogP contribution in [0, 0.1) is 35.5 Å². The Kier molecular flexibility index (Phi) is 4.64. The average molecular weight is 380 g/mol. The molecule has 0 bridgehead atoms. The molecule has 2 aromatic carbocycles. The number of nitrogens with zero attached hydrogens (tertiary/aromatic N) is 5. The molecule has 29 heavy (non-hydrogen) atoms. The third kappa shape index (κ3) is 2.97. The van der Waals surface area contributed by atoms with E-state index < -0.39 is 12.1 Å². The van der Waals surface area contributed by atoms with Crippen LogP contribution >= 0.6 is 0 Å². The zero-order valence-corrected chi connectivity index (χ0v) is 16.2. The third-order valence-electron chi connectivity index (χ3n) is 5.43. The van der Waals surface area contributed by atoms with Crippen molar-refractivity contribution in [2.75, 3.05) is 5.01 Å². The minimum Gasteiger partial charge on any atom is -0.347 e. The Morgan fingerprint density at radius 2 is 1.79 bits per heavy atom. The number of hydrazone groups is 1. The van der Waals surface area contributed by atoms with Crippen molar-refractivity contribution in [1.29, 1.82) is 10.5 Å². The smallest absolute Gasteiger partial charge is 0.127 e. The number of aryl methyl sites for hydroxylation is 1. The molecular formula is C23H20N6. The van der Waals surface area contributed by atoms with Crippen LogP contribution in [-0.4, -0.2) is 16.4 Å². The summed E-state index contributed by atoms with van der Waals surface area (Å²) in [4.78, 5) is 0. The Morgan fingerprint density at radius 3 is 2.48 bits per heavy atom. The highest BCUT2D eigenvalue weighted by Crippen LogP contribution is 2.31. The van der Waals surface area contributed by atoms with Gasteiger partial charge in [-0.05, 0) is 31.2 Å². The molecule has 4 rings (SSSR count). The van der Waals surface area contributed by atoms with Crippen LogP contribution in [0.25, 0.3) is 17.0 Å². The number of rotatable bonds is 3. The second kappa shape index (κ2) is 7.27. The normalized spacial score (nSPS) is 19.1. The standard InChI is InChI=1S/C23H20N6/c1-15-19(18-10-6-7-11-21(18)28(15)2)12-16(13-24)22-20(14-25)23(26)29(27-22)17-8-4-3-5-9-17/h3-12,20,23H,26H2,1-2H3/b16-12+/t20-,23+/m1/s1. The summed E-state index contributed by atoms with van der Waals surface area (Å²) >= 11 is 0. The first-order chi connectivity index (χ1) is 14.1. The zero-order valence-electron chi connectivity index (χ0n) is 16.2. The van der Waals surface area contributed by atoms with E-state index in [2.05, 4.69) is 21.8 Å². The fourth-order valence-corrected chi connectivity index (χ4v) is 3.76. The van der Waals surface area contributed by atoms with Crippen LogP contribution in [0.4, 0.5) is 5.69 Å². The van der Waals surface area contributed by atoms with Crippen molar-refractivity contribution in [3.8, 4) is 12.1 Å². The number of benzene rings is 2. The van der Waals surface area contributed by atoms with Crippen molar-refractivity contribution >= 4 is 28.4 Å². The third-order valence-corrected chi connectivity index (χ3v) is 5.43. The number of nitriles is 2. The quantitative estimate of drug-likeness (QED) is 0.701. The van der Waals surface area contributed by atoms with Crippen molar-refractivity contribution in [2.24, 2.45) is 23.8 Å². The van der Waals surface area contributed by atoms with E-state index in [0.717, 1.165) is 27.8 Å². The molecule has 0 radical (unpaired) electrons. The number of anilines is 1. The molecule has 0 saturated carbocycles. The summed E-state index contributed by atoms with van der Waals surface area (Å²) in [7, 11) is 2.00. The summed E-state index contributed by atoms with van der Waals surface area (Å²) in [6.07, 6.45) is 1.17. The molecule has 0 unspecified atom stereocenters. The molecule has 1 aromatic heterocycles. The van der Waals surface area contributed by atoms with Gasteiger partial charge < -0.3 is 10.3 Å². The minimum absolute atomic E-state index is 0.352. The maximum atomic E-state index is 9.90. The van der Waals surface area contributed by atoms with E-state index in [0.29, 0.717) is 11.3 Å². The Morgan fingerprint density at radius 1 is 1.10 bits per heavy atom. The van der Waals surface area contributed by atoms with Gasteiger partial charge >= 0.3 is 0 Å².